The van der Waals surface area contributed by atoms with Gasteiger partial charge in [-0.2, -0.15) is 0 Å². The first-order valence-electron chi connectivity index (χ1n) is 9.81. The average molecular weight is 410 g/mol. The van der Waals surface area contributed by atoms with Gasteiger partial charge in [0, 0.05) is 45.3 Å². The average Bonchev–Trinajstić information content (AvgIpc) is 2.69. The van der Waals surface area contributed by atoms with Gasteiger partial charge in [0.15, 0.2) is 5.96 Å². The van der Waals surface area contributed by atoms with Crippen LogP contribution in [-0.4, -0.2) is 88.2 Å². The van der Waals surface area contributed by atoms with E-state index >= 15 is 0 Å². The molecule has 0 spiro atoms. The van der Waals surface area contributed by atoms with Gasteiger partial charge in [-0.25, -0.2) is 4.99 Å². The van der Waals surface area contributed by atoms with Crippen LogP contribution in [0, 0.1) is 0 Å². The Morgan fingerprint density at radius 1 is 1.25 bits per heavy atom. The van der Waals surface area contributed by atoms with Gasteiger partial charge in [-0.1, -0.05) is 23.7 Å². The number of nitrogens with one attached hydrogen (secondary N) is 2. The Labute approximate surface area is 173 Å². The number of amides is 1. The number of likely N-dealkylation sites (N-methyl/N-ethyl adjacent to an activating group) is 1. The molecule has 156 valence electrons. The van der Waals surface area contributed by atoms with Crippen LogP contribution >= 0.6 is 11.6 Å². The molecule has 2 N–H and O–H groups in total. The molecule has 8 heteroatoms. The third-order valence-electron chi connectivity index (χ3n) is 4.51. The molecule has 1 saturated heterocycles. The van der Waals surface area contributed by atoms with Gasteiger partial charge in [0.25, 0.3) is 0 Å². The summed E-state index contributed by atoms with van der Waals surface area (Å²) in [4.78, 5) is 20.2. The second-order valence-corrected chi connectivity index (χ2v) is 7.43. The van der Waals surface area contributed by atoms with Crippen LogP contribution in [0.5, 0.6) is 0 Å². The molecule has 1 aromatic carbocycles. The minimum Gasteiger partial charge on any atom is -0.379 e. The van der Waals surface area contributed by atoms with E-state index in [1.165, 1.54) is 0 Å². The lowest BCUT2D eigenvalue weighted by Crippen LogP contribution is -2.41. The summed E-state index contributed by atoms with van der Waals surface area (Å²) >= 11 is 6.04. The number of halogens is 1. The van der Waals surface area contributed by atoms with Crippen molar-refractivity contribution < 1.29 is 9.53 Å². The highest BCUT2D eigenvalue weighted by Crippen LogP contribution is 2.10. The maximum atomic E-state index is 11.8. The number of rotatable bonds is 9. The number of aliphatic imine (C=N–C) groups is 1. The highest BCUT2D eigenvalue weighted by Gasteiger charge is 2.09. The molecule has 1 heterocycles. The lowest BCUT2D eigenvalue weighted by molar-refractivity contribution is -0.127. The van der Waals surface area contributed by atoms with Crippen LogP contribution in [0.25, 0.3) is 0 Å². The Morgan fingerprint density at radius 2 is 2.00 bits per heavy atom. The number of hydrogen-bond acceptors (Lipinski definition) is 4. The van der Waals surface area contributed by atoms with Crippen LogP contribution < -0.4 is 10.6 Å². The van der Waals surface area contributed by atoms with E-state index in [0.717, 1.165) is 62.8 Å². The molecule has 1 aliphatic rings. The molecule has 0 bridgehead atoms. The summed E-state index contributed by atoms with van der Waals surface area (Å²) in [6.07, 6.45) is 1.84. The predicted molar refractivity (Wildman–Crippen MR) is 114 cm³/mol. The highest BCUT2D eigenvalue weighted by atomic mass is 35.5. The first-order chi connectivity index (χ1) is 13.5. The van der Waals surface area contributed by atoms with Crippen LogP contribution in [0.15, 0.2) is 29.3 Å². The van der Waals surface area contributed by atoms with E-state index in [4.69, 9.17) is 16.3 Å². The number of ether oxygens (including phenoxy) is 1. The molecule has 0 aliphatic carbocycles. The van der Waals surface area contributed by atoms with E-state index in [0.29, 0.717) is 12.5 Å². The summed E-state index contributed by atoms with van der Waals surface area (Å²) in [6.45, 7) is 6.30. The van der Waals surface area contributed by atoms with E-state index < -0.39 is 0 Å². The third kappa shape index (κ3) is 8.91. The minimum atomic E-state index is -0.0238. The standard InChI is InChI=1S/C20H32ClN5O2/c1-25(2)19(27)16-24-20(22-8-4-10-26-11-13-28-14-12-26)23-9-7-17-5-3-6-18(21)15-17/h3,5-6,15H,4,7-14,16H2,1-2H3,(H2,22,23,24). The van der Waals surface area contributed by atoms with Gasteiger partial charge in [0.05, 0.1) is 13.2 Å². The van der Waals surface area contributed by atoms with E-state index in [1.54, 1.807) is 19.0 Å². The Kier molecular flexibility index (Phi) is 10.1. The molecule has 0 aromatic heterocycles. The quantitative estimate of drug-likeness (QED) is 0.365. The van der Waals surface area contributed by atoms with Crippen molar-refractivity contribution in [1.29, 1.82) is 0 Å². The molecule has 0 atom stereocenters. The molecule has 28 heavy (non-hydrogen) atoms. The summed E-state index contributed by atoms with van der Waals surface area (Å²) in [5, 5.41) is 7.39. The van der Waals surface area contributed by atoms with Crippen molar-refractivity contribution in [2.45, 2.75) is 12.8 Å². The number of benzene rings is 1. The third-order valence-corrected chi connectivity index (χ3v) is 4.75. The summed E-state index contributed by atoms with van der Waals surface area (Å²) in [5.74, 6) is 0.642. The van der Waals surface area contributed by atoms with Gasteiger partial charge in [0.2, 0.25) is 5.91 Å². The molecule has 2 rings (SSSR count). The van der Waals surface area contributed by atoms with E-state index in [1.807, 2.05) is 18.2 Å². The zero-order valence-electron chi connectivity index (χ0n) is 16.9. The fraction of sp³-hybridized carbons (Fsp3) is 0.600. The molecule has 7 nitrogen and oxygen atoms in total. The van der Waals surface area contributed by atoms with E-state index in [2.05, 4.69) is 26.6 Å². The van der Waals surface area contributed by atoms with Gasteiger partial charge < -0.3 is 20.3 Å². The maximum Gasteiger partial charge on any atom is 0.243 e. The molecule has 1 aromatic rings. The molecule has 0 radical (unpaired) electrons. The normalized spacial score (nSPS) is 15.3. The Hall–Kier alpha value is -1.83. The number of carbonyl (C=O) groups excluding carboxylic acids is 1. The molecule has 1 aliphatic heterocycles. The summed E-state index contributed by atoms with van der Waals surface area (Å²) in [6, 6.07) is 7.83. The number of carbonyl (C=O) groups is 1. The first kappa shape index (κ1) is 22.5. The lowest BCUT2D eigenvalue weighted by atomic mass is 10.1. The Bertz CT molecular complexity index is 633. The fourth-order valence-electron chi connectivity index (χ4n) is 2.81. The van der Waals surface area contributed by atoms with Crippen LogP contribution in [0.2, 0.25) is 5.02 Å². The number of morpholine rings is 1. The maximum absolute atomic E-state index is 11.8. The smallest absolute Gasteiger partial charge is 0.243 e. The Morgan fingerprint density at radius 3 is 2.71 bits per heavy atom. The predicted octanol–water partition coefficient (Wildman–Crippen LogP) is 1.23. The van der Waals surface area contributed by atoms with Crippen molar-refractivity contribution in [1.82, 2.24) is 20.4 Å². The van der Waals surface area contributed by atoms with Crippen LogP contribution in [0.1, 0.15) is 12.0 Å². The van der Waals surface area contributed by atoms with E-state index in [9.17, 15) is 4.79 Å². The summed E-state index contributed by atoms with van der Waals surface area (Å²) < 4.78 is 5.38. The van der Waals surface area contributed by atoms with E-state index in [-0.39, 0.29) is 12.5 Å². The minimum absolute atomic E-state index is 0.0238. The number of guanidine groups is 1. The van der Waals surface area contributed by atoms with Crippen molar-refractivity contribution in [2.24, 2.45) is 4.99 Å². The molecule has 0 saturated carbocycles. The fourth-order valence-corrected chi connectivity index (χ4v) is 3.03. The summed E-state index contributed by atoms with van der Waals surface area (Å²) in [5.41, 5.74) is 1.16. The van der Waals surface area contributed by atoms with Gasteiger partial charge >= 0.3 is 0 Å². The topological polar surface area (TPSA) is 69.2 Å². The van der Waals surface area contributed by atoms with Crippen molar-refractivity contribution in [3.63, 3.8) is 0 Å². The van der Waals surface area contributed by atoms with Crippen molar-refractivity contribution in [2.75, 3.05) is 66.6 Å². The van der Waals surface area contributed by atoms with Crippen molar-refractivity contribution in [3.05, 3.63) is 34.9 Å². The van der Waals surface area contributed by atoms with Crippen molar-refractivity contribution >= 4 is 23.5 Å². The van der Waals surface area contributed by atoms with Crippen molar-refractivity contribution in [3.8, 4) is 0 Å². The number of nitrogens with zero attached hydrogens (tertiary/aromatic N) is 3. The zero-order chi connectivity index (χ0) is 20.2. The molecular formula is C20H32ClN5O2. The zero-order valence-corrected chi connectivity index (χ0v) is 17.7. The van der Waals surface area contributed by atoms with Gasteiger partial charge in [-0.15, -0.1) is 0 Å². The van der Waals surface area contributed by atoms with Gasteiger partial charge in [-0.05, 0) is 37.1 Å². The number of hydrogen-bond donors (Lipinski definition) is 2. The second kappa shape index (κ2) is 12.6. The monoisotopic (exact) mass is 409 g/mol. The Balaban J connectivity index is 1.78. The van der Waals surface area contributed by atoms with Crippen LogP contribution in [-0.2, 0) is 16.0 Å². The first-order valence-corrected chi connectivity index (χ1v) is 10.2. The van der Waals surface area contributed by atoms with Gasteiger partial charge in [-0.3, -0.25) is 9.69 Å². The van der Waals surface area contributed by atoms with Gasteiger partial charge in [0.1, 0.15) is 6.54 Å². The second-order valence-electron chi connectivity index (χ2n) is 6.99. The highest BCUT2D eigenvalue weighted by molar-refractivity contribution is 6.30. The molecule has 0 unspecified atom stereocenters. The summed E-state index contributed by atoms with van der Waals surface area (Å²) in [7, 11) is 3.47. The largest absolute Gasteiger partial charge is 0.379 e. The molecule has 1 amide bonds. The van der Waals surface area contributed by atoms with Crippen LogP contribution in [0.3, 0.4) is 0 Å². The lowest BCUT2D eigenvalue weighted by Gasteiger charge is -2.26. The van der Waals surface area contributed by atoms with Crippen LogP contribution in [0.4, 0.5) is 0 Å². The SMILES string of the molecule is CN(C)C(=O)CN=C(NCCCN1CCOCC1)NCCc1cccc(Cl)c1. The molecular weight excluding hydrogens is 378 g/mol. The molecule has 1 fully saturated rings.